The lowest BCUT2D eigenvalue weighted by Gasteiger charge is -2.21. The Morgan fingerprint density at radius 1 is 1.42 bits per heavy atom. The van der Waals surface area contributed by atoms with Crippen molar-refractivity contribution >= 4 is 17.3 Å². The molecule has 1 fully saturated rings. The van der Waals surface area contributed by atoms with Gasteiger partial charge in [0.2, 0.25) is 0 Å². The molecule has 1 aliphatic rings. The second kappa shape index (κ2) is 6.42. The molecule has 0 spiro atoms. The third-order valence-corrected chi connectivity index (χ3v) is 4.66. The Labute approximate surface area is 120 Å². The van der Waals surface area contributed by atoms with E-state index in [0.29, 0.717) is 0 Å². The summed E-state index contributed by atoms with van der Waals surface area (Å²) in [6.07, 6.45) is 2.74. The number of aliphatic imine (C=N–C) groups is 1. The molecular weight excluding hydrogens is 254 g/mol. The van der Waals surface area contributed by atoms with Gasteiger partial charge in [-0.2, -0.15) is 0 Å². The van der Waals surface area contributed by atoms with Crippen LogP contribution in [0.25, 0.3) is 0 Å². The van der Waals surface area contributed by atoms with Gasteiger partial charge in [0.05, 0.1) is 6.54 Å². The Bertz CT molecular complexity index is 405. The highest BCUT2D eigenvalue weighted by Gasteiger charge is 2.23. The van der Waals surface area contributed by atoms with E-state index in [1.165, 1.54) is 17.7 Å². The van der Waals surface area contributed by atoms with Crippen LogP contribution >= 0.6 is 11.3 Å². The Kier molecular flexibility index (Phi) is 4.86. The standard InChI is InChI=1S/C15H25N3S/c1-4-16-14(17-10-12-7-8-12)18-11-15(2,3)13-6-5-9-19-13/h5-6,9,12H,4,7-8,10-11H2,1-3H3,(H2,16,17,18). The zero-order valence-electron chi connectivity index (χ0n) is 12.2. The van der Waals surface area contributed by atoms with Crippen molar-refractivity contribution in [1.82, 2.24) is 10.6 Å². The van der Waals surface area contributed by atoms with Crippen molar-refractivity contribution in [1.29, 1.82) is 0 Å². The van der Waals surface area contributed by atoms with Crippen molar-refractivity contribution in [2.45, 2.75) is 39.0 Å². The number of hydrogen-bond donors (Lipinski definition) is 2. The van der Waals surface area contributed by atoms with E-state index >= 15 is 0 Å². The van der Waals surface area contributed by atoms with Crippen LogP contribution in [0.15, 0.2) is 22.5 Å². The van der Waals surface area contributed by atoms with Gasteiger partial charge >= 0.3 is 0 Å². The van der Waals surface area contributed by atoms with E-state index in [1.807, 2.05) is 11.3 Å². The average Bonchev–Trinajstić information content (AvgIpc) is 3.03. The minimum Gasteiger partial charge on any atom is -0.357 e. The monoisotopic (exact) mass is 279 g/mol. The molecule has 0 radical (unpaired) electrons. The molecule has 1 aliphatic carbocycles. The number of hydrogen-bond acceptors (Lipinski definition) is 2. The molecular formula is C15H25N3S. The molecule has 0 aliphatic heterocycles. The Morgan fingerprint density at radius 3 is 2.79 bits per heavy atom. The summed E-state index contributed by atoms with van der Waals surface area (Å²) in [4.78, 5) is 6.14. The van der Waals surface area contributed by atoms with Crippen LogP contribution in [0, 0.1) is 5.92 Å². The number of guanidine groups is 1. The van der Waals surface area contributed by atoms with Gasteiger partial charge in [0.25, 0.3) is 0 Å². The van der Waals surface area contributed by atoms with E-state index in [-0.39, 0.29) is 5.41 Å². The SMILES string of the molecule is CCNC(=NCC(C)(C)c1cccs1)NCC1CC1. The highest BCUT2D eigenvalue weighted by atomic mass is 32.1. The first kappa shape index (κ1) is 14.4. The maximum Gasteiger partial charge on any atom is 0.191 e. The van der Waals surface area contributed by atoms with Crippen LogP contribution in [0.4, 0.5) is 0 Å². The maximum absolute atomic E-state index is 4.74. The van der Waals surface area contributed by atoms with Gasteiger partial charge in [0, 0.05) is 23.4 Å². The number of thiophene rings is 1. The molecule has 1 saturated carbocycles. The lowest BCUT2D eigenvalue weighted by Crippen LogP contribution is -2.39. The van der Waals surface area contributed by atoms with Crippen LogP contribution < -0.4 is 10.6 Å². The molecule has 1 heterocycles. The zero-order chi connectivity index (χ0) is 13.7. The van der Waals surface area contributed by atoms with Crippen LogP contribution in [0.3, 0.4) is 0 Å². The van der Waals surface area contributed by atoms with E-state index in [0.717, 1.165) is 31.5 Å². The lowest BCUT2D eigenvalue weighted by atomic mass is 9.92. The van der Waals surface area contributed by atoms with Crippen LogP contribution in [0.2, 0.25) is 0 Å². The predicted molar refractivity (Wildman–Crippen MR) is 84.1 cm³/mol. The maximum atomic E-state index is 4.74. The highest BCUT2D eigenvalue weighted by Crippen LogP contribution is 2.28. The highest BCUT2D eigenvalue weighted by molar-refractivity contribution is 7.10. The lowest BCUT2D eigenvalue weighted by molar-refractivity contribution is 0.548. The summed E-state index contributed by atoms with van der Waals surface area (Å²) in [6.45, 7) is 9.41. The fraction of sp³-hybridized carbons (Fsp3) is 0.667. The molecule has 2 N–H and O–H groups in total. The van der Waals surface area contributed by atoms with Gasteiger partial charge in [0.1, 0.15) is 0 Å². The molecule has 0 saturated heterocycles. The summed E-state index contributed by atoms with van der Waals surface area (Å²) in [5.74, 6) is 1.83. The first-order valence-corrected chi connectivity index (χ1v) is 8.06. The molecule has 0 amide bonds. The fourth-order valence-electron chi connectivity index (χ4n) is 1.92. The molecule has 1 aromatic rings. The van der Waals surface area contributed by atoms with Gasteiger partial charge in [-0.15, -0.1) is 11.3 Å². The Hall–Kier alpha value is -1.03. The van der Waals surface area contributed by atoms with Gasteiger partial charge < -0.3 is 10.6 Å². The van der Waals surface area contributed by atoms with Crippen molar-refractivity contribution in [3.8, 4) is 0 Å². The van der Waals surface area contributed by atoms with Gasteiger partial charge in [-0.3, -0.25) is 4.99 Å². The van der Waals surface area contributed by atoms with E-state index in [1.54, 1.807) is 0 Å². The number of nitrogens with one attached hydrogen (secondary N) is 2. The predicted octanol–water partition coefficient (Wildman–Crippen LogP) is 2.99. The van der Waals surface area contributed by atoms with Crippen molar-refractivity contribution in [2.75, 3.05) is 19.6 Å². The minimum atomic E-state index is 0.107. The molecule has 19 heavy (non-hydrogen) atoms. The molecule has 0 atom stereocenters. The van der Waals surface area contributed by atoms with E-state index in [4.69, 9.17) is 4.99 Å². The smallest absolute Gasteiger partial charge is 0.191 e. The van der Waals surface area contributed by atoms with Crippen LogP contribution in [-0.2, 0) is 5.41 Å². The Morgan fingerprint density at radius 2 is 2.21 bits per heavy atom. The van der Waals surface area contributed by atoms with Crippen molar-refractivity contribution in [2.24, 2.45) is 10.9 Å². The van der Waals surface area contributed by atoms with Crippen molar-refractivity contribution in [3.63, 3.8) is 0 Å². The van der Waals surface area contributed by atoms with E-state index in [2.05, 4.69) is 48.9 Å². The summed E-state index contributed by atoms with van der Waals surface area (Å²) in [7, 11) is 0. The molecule has 1 aromatic heterocycles. The first-order chi connectivity index (χ1) is 9.12. The average molecular weight is 279 g/mol. The molecule has 0 aromatic carbocycles. The summed E-state index contributed by atoms with van der Waals surface area (Å²) in [6, 6.07) is 4.31. The Balaban J connectivity index is 1.91. The number of rotatable bonds is 6. The summed E-state index contributed by atoms with van der Waals surface area (Å²) < 4.78 is 0. The number of nitrogens with zero attached hydrogens (tertiary/aromatic N) is 1. The second-order valence-electron chi connectivity index (χ2n) is 5.88. The summed E-state index contributed by atoms with van der Waals surface area (Å²) in [5, 5.41) is 8.90. The molecule has 2 rings (SSSR count). The van der Waals surface area contributed by atoms with Gasteiger partial charge in [-0.1, -0.05) is 19.9 Å². The molecule has 0 unspecified atom stereocenters. The van der Waals surface area contributed by atoms with E-state index in [9.17, 15) is 0 Å². The molecule has 0 bridgehead atoms. The minimum absolute atomic E-state index is 0.107. The zero-order valence-corrected chi connectivity index (χ0v) is 13.0. The normalized spacial score (nSPS) is 16.5. The first-order valence-electron chi connectivity index (χ1n) is 7.18. The molecule has 4 heteroatoms. The van der Waals surface area contributed by atoms with Crippen LogP contribution in [0.5, 0.6) is 0 Å². The van der Waals surface area contributed by atoms with Gasteiger partial charge in [0.15, 0.2) is 5.96 Å². The van der Waals surface area contributed by atoms with E-state index < -0.39 is 0 Å². The molecule has 106 valence electrons. The molecule has 3 nitrogen and oxygen atoms in total. The largest absolute Gasteiger partial charge is 0.357 e. The third kappa shape index (κ3) is 4.53. The summed E-state index contributed by atoms with van der Waals surface area (Å²) in [5.41, 5.74) is 0.107. The summed E-state index contributed by atoms with van der Waals surface area (Å²) >= 11 is 1.81. The van der Waals surface area contributed by atoms with Crippen LogP contribution in [-0.4, -0.2) is 25.6 Å². The quantitative estimate of drug-likeness (QED) is 0.620. The second-order valence-corrected chi connectivity index (χ2v) is 6.83. The van der Waals surface area contributed by atoms with Gasteiger partial charge in [-0.25, -0.2) is 0 Å². The topological polar surface area (TPSA) is 36.4 Å². The van der Waals surface area contributed by atoms with Crippen molar-refractivity contribution in [3.05, 3.63) is 22.4 Å². The van der Waals surface area contributed by atoms with Crippen LogP contribution in [0.1, 0.15) is 38.5 Å². The van der Waals surface area contributed by atoms with Crippen molar-refractivity contribution < 1.29 is 0 Å². The third-order valence-electron chi connectivity index (χ3n) is 3.42. The fourth-order valence-corrected chi connectivity index (χ4v) is 2.77. The van der Waals surface area contributed by atoms with Gasteiger partial charge in [-0.05, 0) is 37.1 Å².